The van der Waals surface area contributed by atoms with Gasteiger partial charge in [-0.2, -0.15) is 4.37 Å². The molecule has 2 heterocycles. The highest BCUT2D eigenvalue weighted by Gasteiger charge is 2.24. The van der Waals surface area contributed by atoms with Crippen LogP contribution in [-0.4, -0.2) is 52.4 Å². The van der Waals surface area contributed by atoms with Crippen LogP contribution < -0.4 is 10.6 Å². The van der Waals surface area contributed by atoms with Crippen LogP contribution in [0.5, 0.6) is 0 Å². The van der Waals surface area contributed by atoms with Gasteiger partial charge in [0.1, 0.15) is 5.82 Å². The minimum Gasteiger partial charge on any atom is -0.345 e. The summed E-state index contributed by atoms with van der Waals surface area (Å²) in [6, 6.07) is -0.352. The van der Waals surface area contributed by atoms with E-state index in [1.54, 1.807) is 0 Å². The predicted octanol–water partition coefficient (Wildman–Crippen LogP) is 1.27. The fourth-order valence-corrected chi connectivity index (χ4v) is 3.32. The maximum Gasteiger partial charge on any atom is 0.239 e. The Hall–Kier alpha value is -1.21. The van der Waals surface area contributed by atoms with Crippen molar-refractivity contribution in [2.45, 2.75) is 45.6 Å². The molecular formula is C14H25N5OS. The van der Waals surface area contributed by atoms with E-state index in [2.05, 4.69) is 28.1 Å². The van der Waals surface area contributed by atoms with Crippen LogP contribution in [0, 0.1) is 0 Å². The number of rotatable bonds is 5. The van der Waals surface area contributed by atoms with Gasteiger partial charge in [-0.05, 0) is 12.8 Å². The first-order chi connectivity index (χ1) is 10.2. The maximum absolute atomic E-state index is 12.3. The second kappa shape index (κ2) is 7.70. The zero-order valence-corrected chi connectivity index (χ0v) is 13.7. The van der Waals surface area contributed by atoms with Gasteiger partial charge in [-0.1, -0.05) is 20.3 Å². The average molecular weight is 311 g/mol. The van der Waals surface area contributed by atoms with E-state index in [4.69, 9.17) is 5.73 Å². The number of hydrogen-bond donors (Lipinski definition) is 1. The molecule has 1 saturated heterocycles. The van der Waals surface area contributed by atoms with Crippen LogP contribution in [0.15, 0.2) is 0 Å². The number of nitrogens with two attached hydrogens (primary N) is 1. The monoisotopic (exact) mass is 311 g/mol. The zero-order chi connectivity index (χ0) is 15.2. The predicted molar refractivity (Wildman–Crippen MR) is 85.6 cm³/mol. The first-order valence-corrected chi connectivity index (χ1v) is 8.55. The summed E-state index contributed by atoms with van der Waals surface area (Å²) >= 11 is 1.45. The molecule has 0 spiro atoms. The van der Waals surface area contributed by atoms with Crippen molar-refractivity contribution in [2.24, 2.45) is 5.73 Å². The molecule has 1 aliphatic rings. The van der Waals surface area contributed by atoms with E-state index >= 15 is 0 Å². The SMILES string of the molecule is CCCC(N)C(=O)N1CCCN(c2nc(CC)ns2)CC1. The van der Waals surface area contributed by atoms with Gasteiger partial charge in [0, 0.05) is 44.1 Å². The molecule has 1 fully saturated rings. The molecule has 1 atom stereocenters. The Morgan fingerprint density at radius 3 is 2.81 bits per heavy atom. The molecule has 2 N–H and O–H groups in total. The highest BCUT2D eigenvalue weighted by Crippen LogP contribution is 2.19. The van der Waals surface area contributed by atoms with Crippen LogP contribution in [0.4, 0.5) is 5.13 Å². The van der Waals surface area contributed by atoms with Gasteiger partial charge in [0.15, 0.2) is 0 Å². The lowest BCUT2D eigenvalue weighted by Gasteiger charge is -2.24. The maximum atomic E-state index is 12.3. The summed E-state index contributed by atoms with van der Waals surface area (Å²) < 4.78 is 4.34. The first-order valence-electron chi connectivity index (χ1n) is 7.77. The van der Waals surface area contributed by atoms with Gasteiger partial charge >= 0.3 is 0 Å². The minimum atomic E-state index is -0.352. The van der Waals surface area contributed by atoms with E-state index in [-0.39, 0.29) is 11.9 Å². The molecule has 1 amide bonds. The van der Waals surface area contributed by atoms with Gasteiger partial charge in [-0.3, -0.25) is 4.79 Å². The fraction of sp³-hybridized carbons (Fsp3) is 0.786. The second-order valence-electron chi connectivity index (χ2n) is 5.41. The van der Waals surface area contributed by atoms with Crippen molar-refractivity contribution in [1.82, 2.24) is 14.3 Å². The van der Waals surface area contributed by atoms with E-state index in [0.717, 1.165) is 62.8 Å². The highest BCUT2D eigenvalue weighted by atomic mass is 32.1. The van der Waals surface area contributed by atoms with Crippen LogP contribution in [0.25, 0.3) is 0 Å². The van der Waals surface area contributed by atoms with Crippen LogP contribution in [-0.2, 0) is 11.2 Å². The summed E-state index contributed by atoms with van der Waals surface area (Å²) in [4.78, 5) is 21.0. The van der Waals surface area contributed by atoms with Gasteiger partial charge < -0.3 is 15.5 Å². The van der Waals surface area contributed by atoms with Crippen molar-refractivity contribution in [1.29, 1.82) is 0 Å². The van der Waals surface area contributed by atoms with Crippen molar-refractivity contribution >= 4 is 22.6 Å². The summed E-state index contributed by atoms with van der Waals surface area (Å²) in [6.07, 6.45) is 3.51. The van der Waals surface area contributed by atoms with Crippen LogP contribution in [0.1, 0.15) is 38.9 Å². The molecule has 0 aromatic carbocycles. The molecule has 7 heteroatoms. The molecular weight excluding hydrogens is 286 g/mol. The summed E-state index contributed by atoms with van der Waals surface area (Å²) in [6.45, 7) is 7.35. The van der Waals surface area contributed by atoms with E-state index < -0.39 is 0 Å². The Morgan fingerprint density at radius 2 is 2.14 bits per heavy atom. The standard InChI is InChI=1S/C14H25N5OS/c1-3-6-11(15)13(20)18-7-5-8-19(10-9-18)14-16-12(4-2)17-21-14/h11H,3-10,15H2,1-2H3. The third-order valence-electron chi connectivity index (χ3n) is 3.77. The number of hydrogen-bond acceptors (Lipinski definition) is 6. The Bertz CT molecular complexity index is 464. The molecule has 0 radical (unpaired) electrons. The van der Waals surface area contributed by atoms with Crippen molar-refractivity contribution in [3.05, 3.63) is 5.82 Å². The van der Waals surface area contributed by atoms with Crippen LogP contribution >= 0.6 is 11.5 Å². The smallest absolute Gasteiger partial charge is 0.239 e. The fourth-order valence-electron chi connectivity index (χ4n) is 2.51. The molecule has 0 saturated carbocycles. The summed E-state index contributed by atoms with van der Waals surface area (Å²) in [5.74, 6) is 0.988. The molecule has 0 aliphatic carbocycles. The number of carbonyl (C=O) groups is 1. The van der Waals surface area contributed by atoms with Crippen molar-refractivity contribution in [3.8, 4) is 0 Å². The molecule has 1 aliphatic heterocycles. The van der Waals surface area contributed by atoms with E-state index in [9.17, 15) is 4.79 Å². The Balaban J connectivity index is 1.93. The van der Waals surface area contributed by atoms with E-state index in [1.165, 1.54) is 11.5 Å². The number of nitrogens with zero attached hydrogens (tertiary/aromatic N) is 4. The van der Waals surface area contributed by atoms with Gasteiger partial charge in [-0.15, -0.1) is 0 Å². The van der Waals surface area contributed by atoms with Crippen molar-refractivity contribution < 1.29 is 4.79 Å². The molecule has 1 aromatic rings. The van der Waals surface area contributed by atoms with Crippen molar-refractivity contribution in [2.75, 3.05) is 31.1 Å². The van der Waals surface area contributed by atoms with E-state index in [1.807, 2.05) is 4.90 Å². The zero-order valence-electron chi connectivity index (χ0n) is 12.9. The highest BCUT2D eigenvalue weighted by molar-refractivity contribution is 7.09. The third-order valence-corrected chi connectivity index (χ3v) is 4.58. The second-order valence-corrected chi connectivity index (χ2v) is 6.14. The quantitative estimate of drug-likeness (QED) is 0.886. The summed E-state index contributed by atoms with van der Waals surface area (Å²) in [7, 11) is 0. The third kappa shape index (κ3) is 4.14. The van der Waals surface area contributed by atoms with Gasteiger partial charge in [0.2, 0.25) is 11.0 Å². The summed E-state index contributed by atoms with van der Waals surface area (Å²) in [5.41, 5.74) is 5.95. The molecule has 0 bridgehead atoms. The molecule has 1 aromatic heterocycles. The Labute approximate surface area is 130 Å². The largest absolute Gasteiger partial charge is 0.345 e. The average Bonchev–Trinajstić information content (AvgIpc) is 2.84. The number of aromatic nitrogens is 2. The minimum absolute atomic E-state index is 0.0882. The van der Waals surface area contributed by atoms with E-state index in [0.29, 0.717) is 0 Å². The molecule has 21 heavy (non-hydrogen) atoms. The molecule has 1 unspecified atom stereocenters. The molecule has 118 valence electrons. The van der Waals surface area contributed by atoms with Gasteiger partial charge in [0.05, 0.1) is 6.04 Å². The normalized spacial score (nSPS) is 17.7. The number of carbonyl (C=O) groups excluding carboxylic acids is 1. The lowest BCUT2D eigenvalue weighted by atomic mass is 10.1. The van der Waals surface area contributed by atoms with Crippen LogP contribution in [0.3, 0.4) is 0 Å². The van der Waals surface area contributed by atoms with Crippen LogP contribution in [0.2, 0.25) is 0 Å². The lowest BCUT2D eigenvalue weighted by Crippen LogP contribution is -2.45. The number of aryl methyl sites for hydroxylation is 1. The Morgan fingerprint density at radius 1 is 1.33 bits per heavy atom. The van der Waals surface area contributed by atoms with Gasteiger partial charge in [0.25, 0.3) is 0 Å². The lowest BCUT2D eigenvalue weighted by molar-refractivity contribution is -0.132. The number of amides is 1. The topological polar surface area (TPSA) is 75.4 Å². The Kier molecular flexibility index (Phi) is 5.93. The first kappa shape index (κ1) is 16.2. The molecule has 6 nitrogen and oxygen atoms in total. The van der Waals surface area contributed by atoms with Crippen molar-refractivity contribution in [3.63, 3.8) is 0 Å². The summed E-state index contributed by atoms with van der Waals surface area (Å²) in [5, 5.41) is 0.971. The molecule has 2 rings (SSSR count). The number of anilines is 1. The van der Waals surface area contributed by atoms with Gasteiger partial charge in [-0.25, -0.2) is 4.98 Å².